The number of Topliss-reactive ketones (excluding diaryl/α,β-unsaturated/α-hetero) is 1. The molecule has 2 aliphatic rings. The summed E-state index contributed by atoms with van der Waals surface area (Å²) < 4.78 is 5.85. The number of nitriles is 2. The van der Waals surface area contributed by atoms with Crippen LogP contribution < -0.4 is 10.5 Å². The largest absolute Gasteiger partial charge is 0.486 e. The standard InChI is InChI=1S/C25H20Cl2N4O2/c1-31-20-7-4-8-21(32)23(20)22(17(12-29)25(31)30)16-9-18(26)24(19(27)10-16)33-13-15-6-3-2-5-14(15)11-28/h2-3,5-6,9-10,22H,4,7-8,13,30H2,1H3/t22-/m0/s1. The van der Waals surface area contributed by atoms with Gasteiger partial charge in [-0.25, -0.2) is 0 Å². The number of nitrogens with zero attached hydrogens (tertiary/aromatic N) is 3. The fourth-order valence-electron chi connectivity index (χ4n) is 4.39. The Kier molecular flexibility index (Phi) is 6.33. The van der Waals surface area contributed by atoms with E-state index < -0.39 is 5.92 Å². The zero-order chi connectivity index (χ0) is 23.7. The summed E-state index contributed by atoms with van der Waals surface area (Å²) in [5, 5.41) is 19.6. The summed E-state index contributed by atoms with van der Waals surface area (Å²) in [6.07, 6.45) is 1.86. The lowest BCUT2D eigenvalue weighted by Gasteiger charge is -2.37. The Bertz CT molecular complexity index is 1280. The molecule has 0 amide bonds. The minimum atomic E-state index is -0.641. The van der Waals surface area contributed by atoms with Crippen LogP contribution in [0.5, 0.6) is 5.75 Å². The predicted molar refractivity (Wildman–Crippen MR) is 125 cm³/mol. The summed E-state index contributed by atoms with van der Waals surface area (Å²) in [4.78, 5) is 14.6. The van der Waals surface area contributed by atoms with Crippen molar-refractivity contribution in [2.75, 3.05) is 7.05 Å². The average molecular weight is 479 g/mol. The molecule has 1 aliphatic heterocycles. The van der Waals surface area contributed by atoms with E-state index in [1.807, 2.05) is 6.07 Å². The first-order valence-electron chi connectivity index (χ1n) is 10.4. The Hall–Kier alpha value is -3.45. The van der Waals surface area contributed by atoms with Gasteiger partial charge < -0.3 is 15.4 Å². The van der Waals surface area contributed by atoms with Crippen molar-refractivity contribution in [1.82, 2.24) is 4.90 Å². The molecule has 2 aromatic rings. The maximum atomic E-state index is 12.9. The second kappa shape index (κ2) is 9.19. The molecule has 2 N–H and O–H groups in total. The molecule has 166 valence electrons. The molecule has 0 spiro atoms. The summed E-state index contributed by atoms with van der Waals surface area (Å²) in [6, 6.07) is 14.7. The van der Waals surface area contributed by atoms with E-state index >= 15 is 0 Å². The molecule has 0 fully saturated rings. The van der Waals surface area contributed by atoms with Crippen molar-refractivity contribution in [3.63, 3.8) is 0 Å². The van der Waals surface area contributed by atoms with E-state index in [9.17, 15) is 15.3 Å². The van der Waals surface area contributed by atoms with Gasteiger partial charge in [0.25, 0.3) is 0 Å². The summed E-state index contributed by atoms with van der Waals surface area (Å²) in [5.41, 5.74) is 9.77. The predicted octanol–water partition coefficient (Wildman–Crippen LogP) is 5.17. The highest BCUT2D eigenvalue weighted by Gasteiger charge is 2.39. The van der Waals surface area contributed by atoms with Gasteiger partial charge in [0.2, 0.25) is 0 Å². The highest BCUT2D eigenvalue weighted by atomic mass is 35.5. The average Bonchev–Trinajstić information content (AvgIpc) is 2.81. The van der Waals surface area contributed by atoms with E-state index in [1.165, 1.54) is 0 Å². The molecule has 6 nitrogen and oxygen atoms in total. The lowest BCUT2D eigenvalue weighted by molar-refractivity contribution is -0.116. The number of benzene rings is 2. The van der Waals surface area contributed by atoms with Crippen LogP contribution in [0, 0.1) is 22.7 Å². The van der Waals surface area contributed by atoms with Crippen LogP contribution >= 0.6 is 23.2 Å². The number of hydrogen-bond donors (Lipinski definition) is 1. The molecule has 0 aromatic heterocycles. The Morgan fingerprint density at radius 1 is 1.15 bits per heavy atom. The quantitative estimate of drug-likeness (QED) is 0.649. The SMILES string of the molecule is CN1C(N)=C(C#N)[C@H](c2cc(Cl)c(OCc3ccccc3C#N)c(Cl)c2)C2=C1CCCC2=O. The number of ether oxygens (including phenoxy) is 1. The third kappa shape index (κ3) is 4.04. The second-order valence-electron chi connectivity index (χ2n) is 7.91. The monoisotopic (exact) mass is 478 g/mol. The minimum absolute atomic E-state index is 0.00553. The van der Waals surface area contributed by atoms with Crippen molar-refractivity contribution in [3.05, 3.63) is 85.8 Å². The van der Waals surface area contributed by atoms with Gasteiger partial charge in [0, 0.05) is 30.3 Å². The van der Waals surface area contributed by atoms with Crippen molar-refractivity contribution < 1.29 is 9.53 Å². The van der Waals surface area contributed by atoms with Crippen LogP contribution in [0.25, 0.3) is 0 Å². The van der Waals surface area contributed by atoms with Crippen LogP contribution in [-0.4, -0.2) is 17.7 Å². The topological polar surface area (TPSA) is 103 Å². The van der Waals surface area contributed by atoms with Crippen LogP contribution in [0.1, 0.15) is 41.9 Å². The zero-order valence-electron chi connectivity index (χ0n) is 17.9. The molecule has 0 saturated heterocycles. The maximum Gasteiger partial charge on any atom is 0.161 e. The Balaban J connectivity index is 1.74. The van der Waals surface area contributed by atoms with Gasteiger partial charge in [0.15, 0.2) is 11.5 Å². The number of allylic oxidation sites excluding steroid dienone is 3. The summed E-state index contributed by atoms with van der Waals surface area (Å²) in [6.45, 7) is 0.112. The number of carbonyl (C=O) groups is 1. The van der Waals surface area contributed by atoms with Crippen LogP contribution in [-0.2, 0) is 11.4 Å². The number of rotatable bonds is 4. The molecule has 1 aliphatic carbocycles. The summed E-state index contributed by atoms with van der Waals surface area (Å²) in [7, 11) is 1.77. The normalized spacial score (nSPS) is 18.0. The third-order valence-electron chi connectivity index (χ3n) is 6.03. The van der Waals surface area contributed by atoms with Gasteiger partial charge in [-0.3, -0.25) is 4.79 Å². The second-order valence-corrected chi connectivity index (χ2v) is 8.73. The fraction of sp³-hybridized carbons (Fsp3) is 0.240. The van der Waals surface area contributed by atoms with Crippen molar-refractivity contribution in [2.45, 2.75) is 31.8 Å². The van der Waals surface area contributed by atoms with Crippen molar-refractivity contribution in [1.29, 1.82) is 10.5 Å². The third-order valence-corrected chi connectivity index (χ3v) is 6.59. The number of nitrogens with two attached hydrogens (primary N) is 1. The first kappa shape index (κ1) is 22.7. The van der Waals surface area contributed by atoms with E-state index in [1.54, 1.807) is 42.3 Å². The van der Waals surface area contributed by atoms with E-state index in [0.29, 0.717) is 40.9 Å². The Morgan fingerprint density at radius 3 is 2.52 bits per heavy atom. The van der Waals surface area contributed by atoms with Crippen LogP contribution in [0.3, 0.4) is 0 Å². The van der Waals surface area contributed by atoms with E-state index in [-0.39, 0.29) is 33.8 Å². The Labute approximate surface area is 202 Å². The zero-order valence-corrected chi connectivity index (χ0v) is 19.4. The molecular formula is C25H20Cl2N4O2. The molecule has 33 heavy (non-hydrogen) atoms. The van der Waals surface area contributed by atoms with E-state index in [2.05, 4.69) is 12.1 Å². The van der Waals surface area contributed by atoms with Crippen molar-refractivity contribution >= 4 is 29.0 Å². The molecule has 0 bridgehead atoms. The summed E-state index contributed by atoms with van der Waals surface area (Å²) >= 11 is 13.1. The molecule has 2 aromatic carbocycles. The molecule has 1 atom stereocenters. The van der Waals surface area contributed by atoms with Gasteiger partial charge in [-0.2, -0.15) is 10.5 Å². The lowest BCUT2D eigenvalue weighted by atomic mass is 9.76. The van der Waals surface area contributed by atoms with Crippen molar-refractivity contribution in [3.8, 4) is 17.9 Å². The first-order valence-corrected chi connectivity index (χ1v) is 11.1. The number of hydrogen-bond acceptors (Lipinski definition) is 6. The molecule has 1 heterocycles. The van der Waals surface area contributed by atoms with Gasteiger partial charge in [0.1, 0.15) is 12.4 Å². The molecule has 0 saturated carbocycles. The van der Waals surface area contributed by atoms with E-state index in [0.717, 1.165) is 12.1 Å². The first-order chi connectivity index (χ1) is 15.9. The van der Waals surface area contributed by atoms with Crippen LogP contribution in [0.15, 0.2) is 59.1 Å². The number of halogens is 2. The van der Waals surface area contributed by atoms with Gasteiger partial charge in [0.05, 0.1) is 39.2 Å². The van der Waals surface area contributed by atoms with E-state index in [4.69, 9.17) is 33.7 Å². The molecule has 4 rings (SSSR count). The van der Waals surface area contributed by atoms with Crippen LogP contribution in [0.4, 0.5) is 0 Å². The molecule has 0 radical (unpaired) electrons. The summed E-state index contributed by atoms with van der Waals surface area (Å²) in [5.74, 6) is -0.0644. The van der Waals surface area contributed by atoms with Gasteiger partial charge in [-0.15, -0.1) is 0 Å². The smallest absolute Gasteiger partial charge is 0.161 e. The van der Waals surface area contributed by atoms with Crippen LogP contribution in [0.2, 0.25) is 10.0 Å². The molecule has 8 heteroatoms. The highest BCUT2D eigenvalue weighted by molar-refractivity contribution is 6.37. The van der Waals surface area contributed by atoms with Gasteiger partial charge in [-0.1, -0.05) is 41.4 Å². The minimum Gasteiger partial charge on any atom is -0.486 e. The number of ketones is 1. The highest BCUT2D eigenvalue weighted by Crippen LogP contribution is 2.46. The van der Waals surface area contributed by atoms with Gasteiger partial charge in [-0.05, 0) is 36.6 Å². The fourth-order valence-corrected chi connectivity index (χ4v) is 5.00. The molecule has 0 unspecified atom stereocenters. The lowest BCUT2D eigenvalue weighted by Crippen LogP contribution is -2.36. The maximum absolute atomic E-state index is 12.9. The van der Waals surface area contributed by atoms with Gasteiger partial charge >= 0.3 is 0 Å². The Morgan fingerprint density at radius 2 is 1.85 bits per heavy atom. The molecular weight excluding hydrogens is 459 g/mol. The number of carbonyl (C=O) groups excluding carboxylic acids is 1. The van der Waals surface area contributed by atoms with Crippen molar-refractivity contribution in [2.24, 2.45) is 5.73 Å².